The summed E-state index contributed by atoms with van der Waals surface area (Å²) in [5.74, 6) is 2.89. The molecule has 1 aliphatic heterocycles. The predicted molar refractivity (Wildman–Crippen MR) is 117 cm³/mol. The van der Waals surface area contributed by atoms with Gasteiger partial charge >= 0.3 is 0 Å². The van der Waals surface area contributed by atoms with Crippen LogP contribution in [0.1, 0.15) is 37.4 Å². The number of methoxy groups -OCH3 is 2. The summed E-state index contributed by atoms with van der Waals surface area (Å²) in [6.45, 7) is 9.18. The molecule has 0 unspecified atom stereocenters. The van der Waals surface area contributed by atoms with Crippen molar-refractivity contribution in [1.29, 1.82) is 0 Å². The van der Waals surface area contributed by atoms with Crippen molar-refractivity contribution in [3.05, 3.63) is 53.6 Å². The number of nitrogens with one attached hydrogen (secondary N) is 1. The van der Waals surface area contributed by atoms with Crippen LogP contribution < -0.4 is 19.5 Å². The Labute approximate surface area is 175 Å². The second-order valence-electron chi connectivity index (χ2n) is 7.95. The van der Waals surface area contributed by atoms with E-state index in [9.17, 15) is 0 Å². The highest BCUT2D eigenvalue weighted by Gasteiger charge is 2.27. The van der Waals surface area contributed by atoms with E-state index in [2.05, 4.69) is 42.3 Å². The molecule has 0 saturated carbocycles. The first-order chi connectivity index (χ1) is 14.1. The maximum atomic E-state index is 6.34. The monoisotopic (exact) mass is 398 g/mol. The molecule has 1 N–H and O–H groups in total. The maximum Gasteiger partial charge on any atom is 0.164 e. The van der Waals surface area contributed by atoms with Gasteiger partial charge in [-0.25, -0.2) is 0 Å². The minimum Gasteiger partial charge on any atom is -0.493 e. The van der Waals surface area contributed by atoms with Gasteiger partial charge in [-0.05, 0) is 24.0 Å². The van der Waals surface area contributed by atoms with E-state index >= 15 is 0 Å². The number of benzene rings is 2. The van der Waals surface area contributed by atoms with E-state index in [0.29, 0.717) is 18.3 Å². The molecule has 0 radical (unpaired) electrons. The third-order valence-corrected chi connectivity index (χ3v) is 5.40. The smallest absolute Gasteiger partial charge is 0.164 e. The van der Waals surface area contributed by atoms with Gasteiger partial charge in [-0.3, -0.25) is 4.90 Å². The van der Waals surface area contributed by atoms with Crippen LogP contribution in [0.25, 0.3) is 0 Å². The zero-order valence-electron chi connectivity index (χ0n) is 18.1. The molecule has 0 aliphatic carbocycles. The Morgan fingerprint density at radius 3 is 2.21 bits per heavy atom. The Morgan fingerprint density at radius 1 is 0.931 bits per heavy atom. The molecule has 0 aromatic heterocycles. The quantitative estimate of drug-likeness (QED) is 0.683. The second kappa shape index (κ2) is 10.5. The van der Waals surface area contributed by atoms with Crippen LogP contribution in [-0.2, 0) is 6.61 Å². The number of ether oxygens (including phenoxy) is 3. The van der Waals surface area contributed by atoms with Gasteiger partial charge in [0.2, 0.25) is 0 Å². The minimum atomic E-state index is 0.280. The molecule has 1 heterocycles. The first kappa shape index (κ1) is 21.5. The lowest BCUT2D eigenvalue weighted by atomic mass is 9.93. The number of hydrogen-bond acceptors (Lipinski definition) is 5. The maximum absolute atomic E-state index is 6.34. The van der Waals surface area contributed by atoms with Crippen molar-refractivity contribution in [3.63, 3.8) is 0 Å². The van der Waals surface area contributed by atoms with Gasteiger partial charge in [0.05, 0.1) is 14.2 Å². The van der Waals surface area contributed by atoms with Gasteiger partial charge in [0.1, 0.15) is 12.4 Å². The average Bonchev–Trinajstić information content (AvgIpc) is 2.76. The van der Waals surface area contributed by atoms with Crippen LogP contribution in [-0.4, -0.2) is 45.3 Å². The van der Waals surface area contributed by atoms with E-state index in [0.717, 1.165) is 49.7 Å². The molecule has 0 amide bonds. The Bertz CT molecular complexity index is 758. The van der Waals surface area contributed by atoms with E-state index in [1.165, 1.54) is 5.56 Å². The Balaban J connectivity index is 1.97. The fourth-order valence-corrected chi connectivity index (χ4v) is 3.91. The van der Waals surface area contributed by atoms with Gasteiger partial charge in [-0.2, -0.15) is 0 Å². The molecule has 0 bridgehead atoms. The second-order valence-corrected chi connectivity index (χ2v) is 7.95. The lowest BCUT2D eigenvalue weighted by Gasteiger charge is -2.37. The molecule has 1 atom stereocenters. The summed E-state index contributed by atoms with van der Waals surface area (Å²) in [7, 11) is 3.36. The molecule has 3 rings (SSSR count). The van der Waals surface area contributed by atoms with E-state index in [1.807, 2.05) is 24.3 Å². The molecule has 1 fully saturated rings. The van der Waals surface area contributed by atoms with E-state index in [-0.39, 0.29) is 6.04 Å². The topological polar surface area (TPSA) is 43.0 Å². The molecular formula is C24H34N2O3. The van der Waals surface area contributed by atoms with E-state index in [1.54, 1.807) is 14.2 Å². The SMILES string of the molecule is COc1cc(OCc2ccccc2)c([C@@H](CC(C)C)N2CCNCC2)cc1OC. The summed E-state index contributed by atoms with van der Waals surface area (Å²) < 4.78 is 17.5. The molecular weight excluding hydrogens is 364 g/mol. The summed E-state index contributed by atoms with van der Waals surface area (Å²) in [6.07, 6.45) is 1.07. The van der Waals surface area contributed by atoms with Gasteiger partial charge in [0.25, 0.3) is 0 Å². The van der Waals surface area contributed by atoms with Crippen LogP contribution in [0.2, 0.25) is 0 Å². The predicted octanol–water partition coefficient (Wildman–Crippen LogP) is 4.28. The molecule has 5 heteroatoms. The first-order valence-electron chi connectivity index (χ1n) is 10.5. The minimum absolute atomic E-state index is 0.280. The number of rotatable bonds is 9. The highest BCUT2D eigenvalue weighted by Crippen LogP contribution is 2.41. The van der Waals surface area contributed by atoms with Gasteiger partial charge < -0.3 is 19.5 Å². The van der Waals surface area contributed by atoms with Crippen LogP contribution in [0.3, 0.4) is 0 Å². The molecule has 1 saturated heterocycles. The van der Waals surface area contributed by atoms with Crippen molar-refractivity contribution < 1.29 is 14.2 Å². The number of nitrogens with zero attached hydrogens (tertiary/aromatic N) is 1. The molecule has 2 aromatic carbocycles. The molecule has 1 aliphatic rings. The van der Waals surface area contributed by atoms with Crippen molar-refractivity contribution in [2.45, 2.75) is 32.9 Å². The summed E-state index contributed by atoms with van der Waals surface area (Å²) in [6, 6.07) is 14.6. The van der Waals surface area contributed by atoms with Crippen molar-refractivity contribution in [1.82, 2.24) is 10.2 Å². The molecule has 5 nitrogen and oxygen atoms in total. The lowest BCUT2D eigenvalue weighted by Crippen LogP contribution is -2.45. The Morgan fingerprint density at radius 2 is 1.59 bits per heavy atom. The van der Waals surface area contributed by atoms with Gasteiger partial charge in [0.15, 0.2) is 11.5 Å². The van der Waals surface area contributed by atoms with Gasteiger partial charge in [-0.15, -0.1) is 0 Å². The fraction of sp³-hybridized carbons (Fsp3) is 0.500. The van der Waals surface area contributed by atoms with Crippen LogP contribution in [0.4, 0.5) is 0 Å². The summed E-state index contributed by atoms with van der Waals surface area (Å²) in [5.41, 5.74) is 2.32. The molecule has 158 valence electrons. The zero-order chi connectivity index (χ0) is 20.6. The molecule has 0 spiro atoms. The lowest BCUT2D eigenvalue weighted by molar-refractivity contribution is 0.149. The van der Waals surface area contributed by atoms with Crippen LogP contribution >= 0.6 is 0 Å². The van der Waals surface area contributed by atoms with E-state index < -0.39 is 0 Å². The fourth-order valence-electron chi connectivity index (χ4n) is 3.91. The number of piperazine rings is 1. The van der Waals surface area contributed by atoms with E-state index in [4.69, 9.17) is 14.2 Å². The van der Waals surface area contributed by atoms with Crippen LogP contribution in [0.15, 0.2) is 42.5 Å². The Kier molecular flexibility index (Phi) is 7.78. The highest BCUT2D eigenvalue weighted by molar-refractivity contribution is 5.52. The average molecular weight is 399 g/mol. The third kappa shape index (κ3) is 5.64. The summed E-state index contributed by atoms with van der Waals surface area (Å²) in [5, 5.41) is 3.46. The van der Waals surface area contributed by atoms with Gasteiger partial charge in [0, 0.05) is 43.9 Å². The Hall–Kier alpha value is -2.24. The van der Waals surface area contributed by atoms with Gasteiger partial charge in [-0.1, -0.05) is 44.2 Å². The first-order valence-corrected chi connectivity index (χ1v) is 10.5. The van der Waals surface area contributed by atoms with Crippen LogP contribution in [0.5, 0.6) is 17.2 Å². The molecule has 2 aromatic rings. The highest BCUT2D eigenvalue weighted by atomic mass is 16.5. The number of hydrogen-bond donors (Lipinski definition) is 1. The largest absolute Gasteiger partial charge is 0.493 e. The normalized spacial score (nSPS) is 15.9. The molecule has 29 heavy (non-hydrogen) atoms. The van der Waals surface area contributed by atoms with Crippen molar-refractivity contribution >= 4 is 0 Å². The van der Waals surface area contributed by atoms with Crippen LogP contribution in [0, 0.1) is 5.92 Å². The van der Waals surface area contributed by atoms with Crippen molar-refractivity contribution in [2.75, 3.05) is 40.4 Å². The standard InChI is InChI=1S/C24H34N2O3/c1-18(2)14-21(26-12-10-25-11-13-26)20-15-23(27-3)24(28-4)16-22(20)29-17-19-8-6-5-7-9-19/h5-9,15-16,18,21,25H,10-14,17H2,1-4H3/t21-/m1/s1. The van der Waals surface area contributed by atoms with Crippen molar-refractivity contribution in [2.24, 2.45) is 5.92 Å². The summed E-state index contributed by atoms with van der Waals surface area (Å²) in [4.78, 5) is 2.56. The zero-order valence-corrected chi connectivity index (χ0v) is 18.1. The summed E-state index contributed by atoms with van der Waals surface area (Å²) >= 11 is 0. The van der Waals surface area contributed by atoms with Crippen molar-refractivity contribution in [3.8, 4) is 17.2 Å². The third-order valence-electron chi connectivity index (χ3n) is 5.40.